The molecule has 1 aliphatic rings. The van der Waals surface area contributed by atoms with Gasteiger partial charge in [-0.1, -0.05) is 6.42 Å². The zero-order valence-corrected chi connectivity index (χ0v) is 9.02. The molecule has 0 aliphatic heterocycles. The second-order valence-electron chi connectivity index (χ2n) is 3.77. The molecule has 0 bridgehead atoms. The molecule has 0 fully saturated rings. The maximum absolute atomic E-state index is 3.25. The van der Waals surface area contributed by atoms with Crippen LogP contribution in [-0.4, -0.2) is 0 Å². The minimum Gasteiger partial charge on any atom is -0.130 e. The SMILES string of the molecule is C1=CCCCCC#CCCCCCC=1. The van der Waals surface area contributed by atoms with E-state index in [4.69, 9.17) is 0 Å². The molecule has 0 heteroatoms. The van der Waals surface area contributed by atoms with Crippen LogP contribution in [0.15, 0.2) is 17.9 Å². The first-order valence-electron chi connectivity index (χ1n) is 5.85. The van der Waals surface area contributed by atoms with Gasteiger partial charge in [0.1, 0.15) is 0 Å². The fourth-order valence-electron chi connectivity index (χ4n) is 1.52. The lowest BCUT2D eigenvalue weighted by atomic mass is 10.1. The summed E-state index contributed by atoms with van der Waals surface area (Å²) in [6, 6.07) is 0. The molecule has 76 valence electrons. The molecule has 0 nitrogen and oxygen atoms in total. The van der Waals surface area contributed by atoms with Crippen LogP contribution in [0.2, 0.25) is 0 Å². The highest BCUT2D eigenvalue weighted by Crippen LogP contribution is 2.04. The van der Waals surface area contributed by atoms with Gasteiger partial charge < -0.3 is 0 Å². The molecule has 0 atom stereocenters. The molecule has 0 heterocycles. The Morgan fingerprint density at radius 2 is 1.21 bits per heavy atom. The van der Waals surface area contributed by atoms with Crippen LogP contribution in [0.3, 0.4) is 0 Å². The summed E-state index contributed by atoms with van der Waals surface area (Å²) in [5.41, 5.74) is 3.25. The molecule has 0 aromatic heterocycles. The fraction of sp³-hybridized carbons (Fsp3) is 0.643. The van der Waals surface area contributed by atoms with Gasteiger partial charge in [-0.15, -0.1) is 17.6 Å². The summed E-state index contributed by atoms with van der Waals surface area (Å²) in [6.07, 6.45) is 15.2. The van der Waals surface area contributed by atoms with E-state index >= 15 is 0 Å². The molecule has 0 aromatic rings. The standard InChI is InChI=1S/C14H20/c1-2-4-6-8-10-12-14-13-11-9-7-5-3-1/h1,5H,2,4,6-11,13H2. The van der Waals surface area contributed by atoms with E-state index in [0.717, 1.165) is 19.3 Å². The molecule has 14 heavy (non-hydrogen) atoms. The van der Waals surface area contributed by atoms with Crippen LogP contribution < -0.4 is 0 Å². The van der Waals surface area contributed by atoms with E-state index in [-0.39, 0.29) is 0 Å². The third kappa shape index (κ3) is 6.58. The second kappa shape index (κ2) is 8.67. The van der Waals surface area contributed by atoms with Crippen LogP contribution in [0.4, 0.5) is 0 Å². The summed E-state index contributed by atoms with van der Waals surface area (Å²) in [7, 11) is 0. The Hall–Kier alpha value is -0.920. The molecule has 0 aromatic carbocycles. The number of allylic oxidation sites excluding steroid dienone is 1. The Bertz CT molecular complexity index is 243. The van der Waals surface area contributed by atoms with E-state index < -0.39 is 0 Å². The zero-order valence-electron chi connectivity index (χ0n) is 9.02. The summed E-state index contributed by atoms with van der Waals surface area (Å²) >= 11 is 0. The first kappa shape index (κ1) is 11.2. The predicted molar refractivity (Wildman–Crippen MR) is 62.0 cm³/mol. The van der Waals surface area contributed by atoms with Crippen molar-refractivity contribution in [2.75, 3.05) is 0 Å². The Kier molecular flexibility index (Phi) is 6.91. The normalized spacial score (nSPS) is 19.4. The van der Waals surface area contributed by atoms with Gasteiger partial charge in [0.2, 0.25) is 0 Å². The first-order chi connectivity index (χ1) is 7.00. The van der Waals surface area contributed by atoms with Crippen LogP contribution in [-0.2, 0) is 0 Å². The van der Waals surface area contributed by atoms with Crippen LogP contribution in [0.25, 0.3) is 0 Å². The molecular formula is C14H20. The average Bonchev–Trinajstić information content (AvgIpc) is 2.22. The maximum atomic E-state index is 3.25. The molecule has 0 unspecified atom stereocenters. The fourth-order valence-corrected chi connectivity index (χ4v) is 1.52. The lowest BCUT2D eigenvalue weighted by molar-refractivity contribution is 0.701. The third-order valence-electron chi connectivity index (χ3n) is 2.41. The van der Waals surface area contributed by atoms with E-state index in [1.165, 1.54) is 38.5 Å². The van der Waals surface area contributed by atoms with Crippen molar-refractivity contribution < 1.29 is 0 Å². The van der Waals surface area contributed by atoms with Crippen molar-refractivity contribution in [3.63, 3.8) is 0 Å². The van der Waals surface area contributed by atoms with Crippen LogP contribution in [0, 0.1) is 11.8 Å². The van der Waals surface area contributed by atoms with Crippen LogP contribution in [0.5, 0.6) is 0 Å². The lowest BCUT2D eigenvalue weighted by Crippen LogP contribution is -1.77. The smallest absolute Gasteiger partial charge is 0.00888 e. The van der Waals surface area contributed by atoms with Gasteiger partial charge in [-0.25, -0.2) is 0 Å². The molecule has 0 saturated heterocycles. The van der Waals surface area contributed by atoms with Gasteiger partial charge in [-0.05, 0) is 50.7 Å². The van der Waals surface area contributed by atoms with Gasteiger partial charge >= 0.3 is 0 Å². The lowest BCUT2D eigenvalue weighted by Gasteiger charge is -1.94. The summed E-state index contributed by atoms with van der Waals surface area (Å²) in [4.78, 5) is 0. The molecule has 1 aliphatic carbocycles. The number of hydrogen-bond donors (Lipinski definition) is 0. The van der Waals surface area contributed by atoms with Gasteiger partial charge in [-0.3, -0.25) is 0 Å². The third-order valence-corrected chi connectivity index (χ3v) is 2.41. The van der Waals surface area contributed by atoms with Crippen molar-refractivity contribution in [3.05, 3.63) is 17.9 Å². The van der Waals surface area contributed by atoms with Crippen LogP contribution >= 0.6 is 0 Å². The molecular weight excluding hydrogens is 168 g/mol. The molecule has 1 rings (SSSR count). The number of hydrogen-bond acceptors (Lipinski definition) is 0. The summed E-state index contributed by atoms with van der Waals surface area (Å²) in [5.74, 6) is 6.50. The molecule has 0 radical (unpaired) electrons. The average molecular weight is 188 g/mol. The van der Waals surface area contributed by atoms with E-state index in [2.05, 4.69) is 29.7 Å². The largest absolute Gasteiger partial charge is 0.130 e. The Labute approximate surface area is 88.1 Å². The minimum absolute atomic E-state index is 1.08. The summed E-state index contributed by atoms with van der Waals surface area (Å²) < 4.78 is 0. The Morgan fingerprint density at radius 1 is 0.643 bits per heavy atom. The van der Waals surface area contributed by atoms with E-state index in [1.54, 1.807) is 0 Å². The summed E-state index contributed by atoms with van der Waals surface area (Å²) in [6.45, 7) is 0. The van der Waals surface area contributed by atoms with Crippen molar-refractivity contribution in [2.24, 2.45) is 0 Å². The van der Waals surface area contributed by atoms with Gasteiger partial charge in [-0.2, -0.15) is 0 Å². The van der Waals surface area contributed by atoms with E-state index in [1.807, 2.05) is 0 Å². The van der Waals surface area contributed by atoms with Crippen molar-refractivity contribution in [2.45, 2.75) is 57.8 Å². The van der Waals surface area contributed by atoms with E-state index in [9.17, 15) is 0 Å². The zero-order chi connectivity index (χ0) is 9.90. The first-order valence-corrected chi connectivity index (χ1v) is 5.85. The second-order valence-corrected chi connectivity index (χ2v) is 3.77. The minimum atomic E-state index is 1.08. The summed E-state index contributed by atoms with van der Waals surface area (Å²) in [5, 5.41) is 0. The number of rotatable bonds is 0. The topological polar surface area (TPSA) is 0 Å². The van der Waals surface area contributed by atoms with Gasteiger partial charge in [0, 0.05) is 12.8 Å². The van der Waals surface area contributed by atoms with E-state index in [0.29, 0.717) is 0 Å². The Morgan fingerprint density at radius 3 is 1.93 bits per heavy atom. The van der Waals surface area contributed by atoms with Crippen molar-refractivity contribution >= 4 is 0 Å². The van der Waals surface area contributed by atoms with Gasteiger partial charge in [0.05, 0.1) is 0 Å². The molecule has 0 amide bonds. The van der Waals surface area contributed by atoms with Gasteiger partial charge in [0.15, 0.2) is 0 Å². The monoisotopic (exact) mass is 188 g/mol. The highest BCUT2D eigenvalue weighted by molar-refractivity contribution is 4.98. The molecule has 0 spiro atoms. The van der Waals surface area contributed by atoms with Gasteiger partial charge in [0.25, 0.3) is 0 Å². The highest BCUT2D eigenvalue weighted by Gasteiger charge is 1.87. The highest BCUT2D eigenvalue weighted by atomic mass is 13.9. The Balaban J connectivity index is 2.28. The van der Waals surface area contributed by atoms with Crippen molar-refractivity contribution in [1.82, 2.24) is 0 Å². The quantitative estimate of drug-likeness (QED) is 0.394. The van der Waals surface area contributed by atoms with Crippen molar-refractivity contribution in [1.29, 1.82) is 0 Å². The predicted octanol–water partition coefficient (Wildman–Crippen LogP) is 4.23. The molecule has 0 saturated carbocycles. The van der Waals surface area contributed by atoms with Crippen LogP contribution in [0.1, 0.15) is 57.8 Å². The molecule has 0 N–H and O–H groups in total. The van der Waals surface area contributed by atoms with Crippen molar-refractivity contribution in [3.8, 4) is 11.8 Å². The maximum Gasteiger partial charge on any atom is 0.00888 e.